The maximum atomic E-state index is 10.2. The fourth-order valence-corrected chi connectivity index (χ4v) is 1.40. The van der Waals surface area contributed by atoms with Crippen LogP contribution in [0, 0.1) is 5.92 Å². The lowest BCUT2D eigenvalue weighted by Crippen LogP contribution is -2.38. The average molecular weight is 184 g/mol. The van der Waals surface area contributed by atoms with Crippen LogP contribution in [0.3, 0.4) is 0 Å². The number of carbonyl (C=O) groups is 1. The zero-order valence-corrected chi connectivity index (χ0v) is 8.92. The van der Waals surface area contributed by atoms with Gasteiger partial charge in [0, 0.05) is 11.7 Å². The highest BCUT2D eigenvalue weighted by atomic mass is 16.1. The van der Waals surface area contributed by atoms with Gasteiger partial charge in [0.15, 0.2) is 0 Å². The molecule has 0 aromatic rings. The van der Waals surface area contributed by atoms with Crippen molar-refractivity contribution in [2.45, 2.75) is 26.8 Å². The highest BCUT2D eigenvalue weighted by Crippen LogP contribution is 2.08. The molecule has 0 spiro atoms. The Morgan fingerprint density at radius 2 is 2.08 bits per heavy atom. The summed E-state index contributed by atoms with van der Waals surface area (Å²) in [4.78, 5) is 10.2. The van der Waals surface area contributed by atoms with Gasteiger partial charge in [0.05, 0.1) is 6.54 Å². The van der Waals surface area contributed by atoms with Gasteiger partial charge in [-0.25, -0.2) is 0 Å². The fraction of sp³-hybridized carbons (Fsp3) is 0.700. The van der Waals surface area contributed by atoms with Crippen molar-refractivity contribution in [2.24, 2.45) is 5.92 Å². The van der Waals surface area contributed by atoms with Crippen LogP contribution in [0.25, 0.3) is 0 Å². The number of rotatable bonds is 6. The van der Waals surface area contributed by atoms with Gasteiger partial charge in [0.25, 0.3) is 0 Å². The van der Waals surface area contributed by atoms with Crippen LogP contribution in [0.4, 0.5) is 0 Å². The van der Waals surface area contributed by atoms with Gasteiger partial charge < -0.3 is 15.4 Å². The van der Waals surface area contributed by atoms with Crippen molar-refractivity contribution in [3.8, 4) is 0 Å². The molecule has 0 aromatic carbocycles. The molecule has 3 heteroatoms. The molecule has 0 amide bonds. The Labute approximate surface area is 80.6 Å². The van der Waals surface area contributed by atoms with E-state index in [9.17, 15) is 4.79 Å². The minimum atomic E-state index is 0.296. The molecule has 1 unspecified atom stereocenters. The molecular weight excluding hydrogens is 164 g/mol. The molecule has 0 aromatic heterocycles. The van der Waals surface area contributed by atoms with Crippen LogP contribution in [-0.2, 0) is 4.79 Å². The molecule has 3 nitrogen and oxygen atoms in total. The summed E-state index contributed by atoms with van der Waals surface area (Å²) in [6.07, 6.45) is 2.88. The Morgan fingerprint density at radius 1 is 1.46 bits per heavy atom. The molecule has 0 radical (unpaired) electrons. The molecule has 13 heavy (non-hydrogen) atoms. The topological polar surface area (TPSA) is 41.1 Å². The standard InChI is InChI=1S/C10H20N2O/c1-5-9(12-6-7-13)10(11-4)8(2)3/h5,7-8,10-12H,6H2,1-4H3/b9-5-. The maximum Gasteiger partial charge on any atom is 0.139 e. The predicted octanol–water partition coefficient (Wildman–Crippen LogP) is 0.923. The lowest BCUT2D eigenvalue weighted by atomic mass is 10.0. The molecule has 76 valence electrons. The van der Waals surface area contributed by atoms with Crippen LogP contribution in [0.1, 0.15) is 20.8 Å². The molecular formula is C10H20N2O. The van der Waals surface area contributed by atoms with Crippen LogP contribution in [0.15, 0.2) is 11.8 Å². The monoisotopic (exact) mass is 184 g/mol. The van der Waals surface area contributed by atoms with Crippen molar-refractivity contribution < 1.29 is 4.79 Å². The Hall–Kier alpha value is -0.830. The van der Waals surface area contributed by atoms with Crippen LogP contribution in [0.2, 0.25) is 0 Å². The summed E-state index contributed by atoms with van der Waals surface area (Å²) in [5.41, 5.74) is 1.09. The number of hydrogen-bond acceptors (Lipinski definition) is 3. The second kappa shape index (κ2) is 6.66. The molecule has 1 atom stereocenters. The first kappa shape index (κ1) is 12.2. The number of allylic oxidation sites excluding steroid dienone is 1. The Kier molecular flexibility index (Phi) is 6.24. The molecule has 0 rings (SSSR count). The van der Waals surface area contributed by atoms with E-state index in [0.717, 1.165) is 12.0 Å². The summed E-state index contributed by atoms with van der Waals surface area (Å²) in [5.74, 6) is 0.510. The van der Waals surface area contributed by atoms with E-state index in [0.29, 0.717) is 18.5 Å². The molecule has 0 aliphatic carbocycles. The number of likely N-dealkylation sites (N-methyl/N-ethyl adjacent to an activating group) is 1. The average Bonchev–Trinajstić information content (AvgIpc) is 2.11. The molecule has 0 saturated carbocycles. The summed E-state index contributed by atoms with van der Waals surface area (Å²) in [6, 6.07) is 0.296. The summed E-state index contributed by atoms with van der Waals surface area (Å²) in [7, 11) is 1.93. The summed E-state index contributed by atoms with van der Waals surface area (Å²) < 4.78 is 0. The first-order valence-corrected chi connectivity index (χ1v) is 4.68. The minimum absolute atomic E-state index is 0.296. The van der Waals surface area contributed by atoms with Gasteiger partial charge in [0.2, 0.25) is 0 Å². The number of aldehydes is 1. The van der Waals surface area contributed by atoms with E-state index in [1.54, 1.807) is 0 Å². The van der Waals surface area contributed by atoms with Gasteiger partial charge in [-0.05, 0) is 19.9 Å². The lowest BCUT2D eigenvalue weighted by molar-refractivity contribution is -0.107. The molecule has 0 fully saturated rings. The lowest BCUT2D eigenvalue weighted by Gasteiger charge is -2.23. The van der Waals surface area contributed by atoms with Gasteiger partial charge >= 0.3 is 0 Å². The van der Waals surface area contributed by atoms with Crippen molar-refractivity contribution in [3.63, 3.8) is 0 Å². The Bertz CT molecular complexity index is 176. The van der Waals surface area contributed by atoms with E-state index in [2.05, 4.69) is 24.5 Å². The molecule has 0 heterocycles. The third-order valence-electron chi connectivity index (χ3n) is 2.01. The number of carbonyl (C=O) groups excluding carboxylic acids is 1. The largest absolute Gasteiger partial charge is 0.381 e. The summed E-state index contributed by atoms with van der Waals surface area (Å²) in [6.45, 7) is 6.64. The van der Waals surface area contributed by atoms with E-state index in [-0.39, 0.29) is 0 Å². The van der Waals surface area contributed by atoms with Crippen LogP contribution in [-0.4, -0.2) is 25.9 Å². The summed E-state index contributed by atoms with van der Waals surface area (Å²) in [5, 5.41) is 6.30. The zero-order valence-electron chi connectivity index (χ0n) is 8.92. The predicted molar refractivity (Wildman–Crippen MR) is 55.5 cm³/mol. The van der Waals surface area contributed by atoms with Crippen LogP contribution < -0.4 is 10.6 Å². The third kappa shape index (κ3) is 4.08. The normalized spacial score (nSPS) is 14.4. The Balaban J connectivity index is 4.27. The fourth-order valence-electron chi connectivity index (χ4n) is 1.40. The zero-order chi connectivity index (χ0) is 10.3. The third-order valence-corrected chi connectivity index (χ3v) is 2.01. The van der Waals surface area contributed by atoms with Gasteiger partial charge in [-0.1, -0.05) is 19.9 Å². The highest BCUT2D eigenvalue weighted by molar-refractivity contribution is 5.52. The summed E-state index contributed by atoms with van der Waals surface area (Å²) >= 11 is 0. The smallest absolute Gasteiger partial charge is 0.139 e. The second-order valence-electron chi connectivity index (χ2n) is 3.30. The number of nitrogens with one attached hydrogen (secondary N) is 2. The van der Waals surface area contributed by atoms with E-state index < -0.39 is 0 Å². The number of hydrogen-bond donors (Lipinski definition) is 2. The van der Waals surface area contributed by atoms with E-state index in [4.69, 9.17) is 0 Å². The van der Waals surface area contributed by atoms with Gasteiger partial charge in [-0.3, -0.25) is 0 Å². The SMILES string of the molecule is C/C=C(\NCC=O)C(NC)C(C)C. The van der Waals surface area contributed by atoms with E-state index in [1.807, 2.05) is 20.0 Å². The first-order valence-electron chi connectivity index (χ1n) is 4.68. The van der Waals surface area contributed by atoms with Crippen molar-refractivity contribution in [2.75, 3.05) is 13.6 Å². The minimum Gasteiger partial charge on any atom is -0.381 e. The Morgan fingerprint density at radius 3 is 2.38 bits per heavy atom. The van der Waals surface area contributed by atoms with Crippen LogP contribution in [0.5, 0.6) is 0 Å². The van der Waals surface area contributed by atoms with E-state index >= 15 is 0 Å². The van der Waals surface area contributed by atoms with Crippen LogP contribution >= 0.6 is 0 Å². The molecule has 0 aliphatic heterocycles. The van der Waals surface area contributed by atoms with Gasteiger partial charge in [-0.15, -0.1) is 0 Å². The van der Waals surface area contributed by atoms with Crippen molar-refractivity contribution in [1.82, 2.24) is 10.6 Å². The van der Waals surface area contributed by atoms with Crippen molar-refractivity contribution in [3.05, 3.63) is 11.8 Å². The van der Waals surface area contributed by atoms with E-state index in [1.165, 1.54) is 0 Å². The van der Waals surface area contributed by atoms with Crippen molar-refractivity contribution in [1.29, 1.82) is 0 Å². The molecule has 0 saturated heterocycles. The van der Waals surface area contributed by atoms with Gasteiger partial charge in [-0.2, -0.15) is 0 Å². The molecule has 0 bridgehead atoms. The quantitative estimate of drug-likeness (QED) is 0.603. The second-order valence-corrected chi connectivity index (χ2v) is 3.30. The maximum absolute atomic E-state index is 10.2. The van der Waals surface area contributed by atoms with Gasteiger partial charge in [0.1, 0.15) is 6.29 Å². The van der Waals surface area contributed by atoms with Crippen molar-refractivity contribution >= 4 is 6.29 Å². The molecule has 0 aliphatic rings. The first-order chi connectivity index (χ1) is 6.17. The molecule has 2 N–H and O–H groups in total. The highest BCUT2D eigenvalue weighted by Gasteiger charge is 2.14.